The first-order chi connectivity index (χ1) is 14.3. The number of rotatable bonds is 7. The summed E-state index contributed by atoms with van der Waals surface area (Å²) in [6, 6.07) is 13.4. The van der Waals surface area contributed by atoms with Crippen LogP contribution in [0.2, 0.25) is 0 Å². The van der Waals surface area contributed by atoms with Crippen LogP contribution in [0.25, 0.3) is 5.76 Å². The van der Waals surface area contributed by atoms with Gasteiger partial charge in [0.2, 0.25) is 0 Å². The summed E-state index contributed by atoms with van der Waals surface area (Å²) in [5, 5.41) is 22.1. The van der Waals surface area contributed by atoms with E-state index in [4.69, 9.17) is 0 Å². The summed E-state index contributed by atoms with van der Waals surface area (Å²) in [7, 11) is 3.81. The summed E-state index contributed by atoms with van der Waals surface area (Å²) >= 11 is 0. The van der Waals surface area contributed by atoms with E-state index in [-0.39, 0.29) is 23.6 Å². The highest BCUT2D eigenvalue weighted by Crippen LogP contribution is 2.40. The number of Topliss-reactive ketones (excluding diaryl/α,β-unsaturated/α-hetero) is 1. The molecule has 0 spiro atoms. The zero-order valence-corrected chi connectivity index (χ0v) is 16.8. The van der Waals surface area contributed by atoms with Gasteiger partial charge in [-0.2, -0.15) is 0 Å². The molecule has 2 aromatic rings. The second-order valence-corrected chi connectivity index (χ2v) is 7.37. The minimum atomic E-state index is -0.896. The van der Waals surface area contributed by atoms with Crippen LogP contribution in [0.15, 0.2) is 60.2 Å². The van der Waals surface area contributed by atoms with Gasteiger partial charge >= 0.3 is 0 Å². The van der Waals surface area contributed by atoms with Crippen molar-refractivity contribution in [1.29, 1.82) is 0 Å². The van der Waals surface area contributed by atoms with Crippen LogP contribution >= 0.6 is 0 Å². The Bertz CT molecular complexity index is 1000. The van der Waals surface area contributed by atoms with E-state index in [9.17, 15) is 24.8 Å². The fourth-order valence-corrected chi connectivity index (χ4v) is 3.57. The molecule has 0 aliphatic carbocycles. The maximum absolute atomic E-state index is 12.9. The smallest absolute Gasteiger partial charge is 0.295 e. The number of ketones is 1. The molecule has 30 heavy (non-hydrogen) atoms. The van der Waals surface area contributed by atoms with Gasteiger partial charge in [0, 0.05) is 24.2 Å². The Kier molecular flexibility index (Phi) is 6.27. The van der Waals surface area contributed by atoms with Crippen LogP contribution in [-0.2, 0) is 9.59 Å². The lowest BCUT2D eigenvalue weighted by atomic mass is 9.95. The molecule has 0 radical (unpaired) electrons. The van der Waals surface area contributed by atoms with Crippen molar-refractivity contribution in [2.75, 3.05) is 27.2 Å². The highest BCUT2D eigenvalue weighted by Gasteiger charge is 2.46. The number of nitro benzene ring substituents is 1. The molecule has 1 atom stereocenters. The number of amides is 1. The molecule has 1 unspecified atom stereocenters. The Labute approximate surface area is 174 Å². The van der Waals surface area contributed by atoms with Crippen molar-refractivity contribution in [2.24, 2.45) is 0 Å². The molecule has 156 valence electrons. The zero-order valence-electron chi connectivity index (χ0n) is 16.8. The summed E-state index contributed by atoms with van der Waals surface area (Å²) in [5.41, 5.74) is 0.604. The van der Waals surface area contributed by atoms with Gasteiger partial charge < -0.3 is 14.9 Å². The number of carbonyl (C=O) groups excluding carboxylic acids is 2. The molecule has 0 bridgehead atoms. The average molecular weight is 409 g/mol. The summed E-state index contributed by atoms with van der Waals surface area (Å²) in [6.45, 7) is 0.977. The standard InChI is InChI=1S/C22H23N3O5/c1-23(2)12-7-13-24-19(16-10-6-11-17(14-16)25(29)30)18(21(27)22(24)28)20(26)15-8-4-3-5-9-15/h3-6,8-11,14,19,26H,7,12-13H2,1-2H3. The normalized spacial score (nSPS) is 18.2. The van der Waals surface area contributed by atoms with Gasteiger partial charge in [-0.1, -0.05) is 42.5 Å². The lowest BCUT2D eigenvalue weighted by molar-refractivity contribution is -0.384. The number of hydrogen-bond donors (Lipinski definition) is 1. The molecule has 1 fully saturated rings. The third-order valence-corrected chi connectivity index (χ3v) is 4.99. The lowest BCUT2D eigenvalue weighted by Crippen LogP contribution is -2.32. The van der Waals surface area contributed by atoms with Gasteiger partial charge in [-0.15, -0.1) is 0 Å². The van der Waals surface area contributed by atoms with Crippen LogP contribution in [0.3, 0.4) is 0 Å². The number of carbonyl (C=O) groups is 2. The maximum Gasteiger partial charge on any atom is 0.295 e. The Morgan fingerprint density at radius 2 is 1.83 bits per heavy atom. The Morgan fingerprint density at radius 1 is 1.13 bits per heavy atom. The summed E-state index contributed by atoms with van der Waals surface area (Å²) in [5.74, 6) is -1.80. The van der Waals surface area contributed by atoms with Crippen molar-refractivity contribution in [3.05, 3.63) is 81.4 Å². The van der Waals surface area contributed by atoms with E-state index in [1.165, 1.54) is 23.1 Å². The quantitative estimate of drug-likeness (QED) is 0.248. The van der Waals surface area contributed by atoms with Gasteiger partial charge in [-0.3, -0.25) is 19.7 Å². The molecule has 0 saturated carbocycles. The van der Waals surface area contributed by atoms with E-state index in [0.717, 1.165) is 0 Å². The molecule has 0 aromatic heterocycles. The molecule has 1 aliphatic heterocycles. The maximum atomic E-state index is 12.9. The van der Waals surface area contributed by atoms with E-state index in [0.29, 0.717) is 24.1 Å². The molecule has 1 amide bonds. The van der Waals surface area contributed by atoms with E-state index in [1.54, 1.807) is 36.4 Å². The molecule has 1 saturated heterocycles. The summed E-state index contributed by atoms with van der Waals surface area (Å²) in [4.78, 5) is 39.8. The van der Waals surface area contributed by atoms with E-state index in [1.807, 2.05) is 19.0 Å². The van der Waals surface area contributed by atoms with Crippen LogP contribution < -0.4 is 0 Å². The van der Waals surface area contributed by atoms with Gasteiger partial charge in [0.1, 0.15) is 5.76 Å². The van der Waals surface area contributed by atoms with Crippen LogP contribution in [0, 0.1) is 10.1 Å². The monoisotopic (exact) mass is 409 g/mol. The molecular formula is C22H23N3O5. The zero-order chi connectivity index (χ0) is 21.8. The topological polar surface area (TPSA) is 104 Å². The Morgan fingerprint density at radius 3 is 2.47 bits per heavy atom. The summed E-state index contributed by atoms with van der Waals surface area (Å²) in [6.07, 6.45) is 0.608. The number of non-ortho nitro benzene ring substituents is 1. The van der Waals surface area contributed by atoms with Crippen molar-refractivity contribution in [2.45, 2.75) is 12.5 Å². The molecule has 3 rings (SSSR count). The number of hydrogen-bond acceptors (Lipinski definition) is 6. The predicted molar refractivity (Wildman–Crippen MR) is 112 cm³/mol. The van der Waals surface area contributed by atoms with Gasteiger partial charge in [0.15, 0.2) is 0 Å². The number of aliphatic hydroxyl groups is 1. The van der Waals surface area contributed by atoms with E-state index >= 15 is 0 Å². The van der Waals surface area contributed by atoms with Crippen molar-refractivity contribution < 1.29 is 19.6 Å². The highest BCUT2D eigenvalue weighted by molar-refractivity contribution is 6.46. The average Bonchev–Trinajstić information content (AvgIpc) is 2.98. The van der Waals surface area contributed by atoms with Crippen molar-refractivity contribution in [3.8, 4) is 0 Å². The third kappa shape index (κ3) is 4.23. The highest BCUT2D eigenvalue weighted by atomic mass is 16.6. The molecule has 1 aliphatic rings. The Balaban J connectivity index is 2.12. The second-order valence-electron chi connectivity index (χ2n) is 7.37. The predicted octanol–water partition coefficient (Wildman–Crippen LogP) is 2.97. The first kappa shape index (κ1) is 21.2. The number of benzene rings is 2. The van der Waals surface area contributed by atoms with Crippen LogP contribution in [-0.4, -0.2) is 58.7 Å². The fourth-order valence-electron chi connectivity index (χ4n) is 3.57. The van der Waals surface area contributed by atoms with Crippen molar-refractivity contribution in [3.63, 3.8) is 0 Å². The first-order valence-corrected chi connectivity index (χ1v) is 9.54. The first-order valence-electron chi connectivity index (χ1n) is 9.54. The fraction of sp³-hybridized carbons (Fsp3) is 0.273. The molecule has 8 nitrogen and oxygen atoms in total. The van der Waals surface area contributed by atoms with Crippen LogP contribution in [0.4, 0.5) is 5.69 Å². The summed E-state index contributed by atoms with van der Waals surface area (Å²) < 4.78 is 0. The SMILES string of the molecule is CN(C)CCCN1C(=O)C(=O)C(=C(O)c2ccccc2)C1c1cccc([N+](=O)[O-])c1. The minimum Gasteiger partial charge on any atom is -0.507 e. The number of likely N-dealkylation sites (tertiary alicyclic amines) is 1. The number of aliphatic hydroxyl groups excluding tert-OH is 1. The molecule has 2 aromatic carbocycles. The van der Waals surface area contributed by atoms with Gasteiger partial charge in [0.05, 0.1) is 16.5 Å². The molecule has 1 N–H and O–H groups in total. The molecule has 1 heterocycles. The third-order valence-electron chi connectivity index (χ3n) is 4.99. The molecule has 8 heteroatoms. The lowest BCUT2D eigenvalue weighted by Gasteiger charge is -2.25. The van der Waals surface area contributed by atoms with Gasteiger partial charge in [-0.05, 0) is 32.6 Å². The number of nitrogens with zero attached hydrogens (tertiary/aromatic N) is 3. The van der Waals surface area contributed by atoms with E-state index in [2.05, 4.69) is 0 Å². The Hall–Kier alpha value is -3.52. The number of nitro groups is 1. The van der Waals surface area contributed by atoms with Crippen LogP contribution in [0.5, 0.6) is 0 Å². The molecular weight excluding hydrogens is 386 g/mol. The minimum absolute atomic E-state index is 0.0587. The van der Waals surface area contributed by atoms with Crippen LogP contribution in [0.1, 0.15) is 23.6 Å². The van der Waals surface area contributed by atoms with Crippen molar-refractivity contribution >= 4 is 23.1 Å². The van der Waals surface area contributed by atoms with Gasteiger partial charge in [0.25, 0.3) is 17.4 Å². The van der Waals surface area contributed by atoms with E-state index < -0.39 is 22.7 Å². The largest absolute Gasteiger partial charge is 0.507 e. The van der Waals surface area contributed by atoms with Crippen molar-refractivity contribution in [1.82, 2.24) is 9.80 Å². The van der Waals surface area contributed by atoms with Gasteiger partial charge in [-0.25, -0.2) is 0 Å². The second kappa shape index (κ2) is 8.87.